The van der Waals surface area contributed by atoms with Gasteiger partial charge in [0.1, 0.15) is 5.75 Å². The van der Waals surface area contributed by atoms with Crippen LogP contribution in [0.3, 0.4) is 0 Å². The molecule has 0 aliphatic carbocycles. The Hall–Kier alpha value is -1.26. The normalized spacial score (nSPS) is 13.3. The van der Waals surface area contributed by atoms with Gasteiger partial charge in [-0.15, -0.1) is 12.4 Å². The van der Waals surface area contributed by atoms with Crippen molar-refractivity contribution in [3.8, 4) is 5.75 Å². The zero-order valence-corrected chi connectivity index (χ0v) is 13.4. The molecule has 0 fully saturated rings. The van der Waals surface area contributed by atoms with E-state index in [0.717, 1.165) is 11.3 Å². The number of nitrogens with one attached hydrogen (secondary N) is 1. The van der Waals surface area contributed by atoms with Gasteiger partial charge < -0.3 is 15.8 Å². The lowest BCUT2D eigenvalue weighted by Crippen LogP contribution is -2.35. The lowest BCUT2D eigenvalue weighted by molar-refractivity contribution is -0.122. The van der Waals surface area contributed by atoms with E-state index in [9.17, 15) is 4.79 Å². The van der Waals surface area contributed by atoms with E-state index in [2.05, 4.69) is 19.2 Å². The van der Waals surface area contributed by atoms with Gasteiger partial charge in [-0.3, -0.25) is 4.79 Å². The smallest absolute Gasteiger partial charge is 0.222 e. The van der Waals surface area contributed by atoms with Crippen molar-refractivity contribution in [3.63, 3.8) is 0 Å². The number of nitrogens with two attached hydrogens (primary N) is 1. The molecule has 0 aliphatic rings. The molecule has 114 valence electrons. The molecule has 20 heavy (non-hydrogen) atoms. The molecule has 4 nitrogen and oxygen atoms in total. The molecule has 0 saturated heterocycles. The number of rotatable bonds is 6. The molecule has 1 amide bonds. The van der Waals surface area contributed by atoms with E-state index < -0.39 is 0 Å². The lowest BCUT2D eigenvalue weighted by atomic mass is 9.95. The Kier molecular flexibility index (Phi) is 8.26. The summed E-state index contributed by atoms with van der Waals surface area (Å²) < 4.78 is 5.14. The highest BCUT2D eigenvalue weighted by atomic mass is 35.5. The molecular weight excluding hydrogens is 276 g/mol. The van der Waals surface area contributed by atoms with E-state index >= 15 is 0 Å². The van der Waals surface area contributed by atoms with Crippen LogP contribution in [0.4, 0.5) is 0 Å². The third-order valence-electron chi connectivity index (χ3n) is 2.97. The second-order valence-corrected chi connectivity index (χ2v) is 5.24. The van der Waals surface area contributed by atoms with Crippen LogP contribution in [-0.4, -0.2) is 19.1 Å². The van der Waals surface area contributed by atoms with Crippen molar-refractivity contribution in [2.45, 2.75) is 39.3 Å². The average molecular weight is 301 g/mol. The Morgan fingerprint density at radius 1 is 1.25 bits per heavy atom. The first-order valence-electron chi connectivity index (χ1n) is 6.63. The molecule has 0 heterocycles. The molecular formula is C15H25ClN2O2. The first kappa shape index (κ1) is 18.7. The third-order valence-corrected chi connectivity index (χ3v) is 2.97. The zero-order chi connectivity index (χ0) is 14.4. The molecule has 0 spiro atoms. The number of carbonyl (C=O) groups excluding carboxylic acids is 1. The van der Waals surface area contributed by atoms with Gasteiger partial charge >= 0.3 is 0 Å². The average Bonchev–Trinajstić information content (AvgIpc) is 2.35. The van der Waals surface area contributed by atoms with Crippen LogP contribution in [-0.2, 0) is 4.79 Å². The molecule has 0 saturated carbocycles. The summed E-state index contributed by atoms with van der Waals surface area (Å²) in [7, 11) is 1.64. The van der Waals surface area contributed by atoms with Gasteiger partial charge in [-0.25, -0.2) is 0 Å². The van der Waals surface area contributed by atoms with Gasteiger partial charge in [0.2, 0.25) is 5.91 Å². The maximum Gasteiger partial charge on any atom is 0.222 e. The SMILES string of the molecule is COc1ccc(C(NC(=O)CC(C)N)C(C)C)cc1.Cl. The summed E-state index contributed by atoms with van der Waals surface area (Å²) in [4.78, 5) is 11.8. The summed E-state index contributed by atoms with van der Waals surface area (Å²) in [5.74, 6) is 1.11. The minimum absolute atomic E-state index is 0. The Morgan fingerprint density at radius 3 is 2.20 bits per heavy atom. The molecule has 5 heteroatoms. The Labute approximate surface area is 127 Å². The van der Waals surface area contributed by atoms with Crippen molar-refractivity contribution in [1.82, 2.24) is 5.32 Å². The van der Waals surface area contributed by atoms with E-state index in [1.165, 1.54) is 0 Å². The largest absolute Gasteiger partial charge is 0.497 e. The Balaban J connectivity index is 0.00000361. The number of ether oxygens (including phenoxy) is 1. The quantitative estimate of drug-likeness (QED) is 0.849. The van der Waals surface area contributed by atoms with Gasteiger partial charge in [-0.2, -0.15) is 0 Å². The van der Waals surface area contributed by atoms with Crippen molar-refractivity contribution >= 4 is 18.3 Å². The van der Waals surface area contributed by atoms with Crippen LogP contribution < -0.4 is 15.8 Å². The number of benzene rings is 1. The van der Waals surface area contributed by atoms with Crippen LogP contribution in [0, 0.1) is 5.92 Å². The highest BCUT2D eigenvalue weighted by Gasteiger charge is 2.18. The van der Waals surface area contributed by atoms with Gasteiger partial charge in [-0.1, -0.05) is 26.0 Å². The second kappa shape index (κ2) is 8.82. The van der Waals surface area contributed by atoms with Crippen LogP contribution in [0.2, 0.25) is 0 Å². The van der Waals surface area contributed by atoms with Crippen LogP contribution in [0.25, 0.3) is 0 Å². The molecule has 1 rings (SSSR count). The molecule has 0 bridgehead atoms. The fourth-order valence-corrected chi connectivity index (χ4v) is 1.97. The fourth-order valence-electron chi connectivity index (χ4n) is 1.97. The summed E-state index contributed by atoms with van der Waals surface area (Å²) >= 11 is 0. The van der Waals surface area contributed by atoms with Crippen LogP contribution >= 0.6 is 12.4 Å². The number of methoxy groups -OCH3 is 1. The van der Waals surface area contributed by atoms with Gasteiger partial charge in [0, 0.05) is 12.5 Å². The second-order valence-electron chi connectivity index (χ2n) is 5.24. The number of halogens is 1. The van der Waals surface area contributed by atoms with Crippen molar-refractivity contribution in [1.29, 1.82) is 0 Å². The van der Waals surface area contributed by atoms with Crippen molar-refractivity contribution in [2.24, 2.45) is 11.7 Å². The van der Waals surface area contributed by atoms with Crippen molar-refractivity contribution in [2.75, 3.05) is 7.11 Å². The third kappa shape index (κ3) is 5.80. The zero-order valence-electron chi connectivity index (χ0n) is 12.6. The predicted molar refractivity (Wildman–Crippen MR) is 84.2 cm³/mol. The molecule has 2 atom stereocenters. The van der Waals surface area contributed by atoms with Gasteiger partial charge in [0.25, 0.3) is 0 Å². The lowest BCUT2D eigenvalue weighted by Gasteiger charge is -2.23. The molecule has 0 aromatic heterocycles. The number of carbonyl (C=O) groups is 1. The Bertz CT molecular complexity index is 405. The van der Waals surface area contributed by atoms with Crippen LogP contribution in [0.1, 0.15) is 38.8 Å². The molecule has 0 aliphatic heterocycles. The maximum atomic E-state index is 11.8. The highest BCUT2D eigenvalue weighted by molar-refractivity contribution is 5.85. The van der Waals surface area contributed by atoms with Crippen LogP contribution in [0.15, 0.2) is 24.3 Å². The first-order chi connectivity index (χ1) is 8.93. The van der Waals surface area contributed by atoms with E-state index in [4.69, 9.17) is 10.5 Å². The minimum Gasteiger partial charge on any atom is -0.497 e. The first-order valence-corrected chi connectivity index (χ1v) is 6.63. The predicted octanol–water partition coefficient (Wildman–Crippen LogP) is 2.67. The number of hydrogen-bond donors (Lipinski definition) is 2. The van der Waals surface area contributed by atoms with Crippen molar-refractivity contribution < 1.29 is 9.53 Å². The minimum atomic E-state index is -0.122. The summed E-state index contributed by atoms with van der Waals surface area (Å²) in [6, 6.07) is 7.65. The summed E-state index contributed by atoms with van der Waals surface area (Å²) in [5.41, 5.74) is 6.72. The summed E-state index contributed by atoms with van der Waals surface area (Å²) in [5, 5.41) is 3.04. The standard InChI is InChI=1S/C15H24N2O2.ClH/c1-10(2)15(17-14(18)9-11(3)16)12-5-7-13(19-4)8-6-12;/h5-8,10-11,15H,9,16H2,1-4H3,(H,17,18);1H. The molecule has 3 N–H and O–H groups in total. The van der Waals surface area contributed by atoms with Crippen LogP contribution in [0.5, 0.6) is 5.75 Å². The molecule has 1 aromatic carbocycles. The maximum absolute atomic E-state index is 11.8. The summed E-state index contributed by atoms with van der Waals surface area (Å²) in [6.07, 6.45) is 0.347. The molecule has 1 aromatic rings. The van der Waals surface area contributed by atoms with Crippen molar-refractivity contribution in [3.05, 3.63) is 29.8 Å². The van der Waals surface area contributed by atoms with E-state index in [0.29, 0.717) is 12.3 Å². The Morgan fingerprint density at radius 2 is 1.80 bits per heavy atom. The monoisotopic (exact) mass is 300 g/mol. The van der Waals surface area contributed by atoms with Gasteiger partial charge in [0.15, 0.2) is 0 Å². The topological polar surface area (TPSA) is 64.3 Å². The molecule has 2 unspecified atom stereocenters. The molecule has 0 radical (unpaired) electrons. The van der Waals surface area contributed by atoms with Gasteiger partial charge in [-0.05, 0) is 30.5 Å². The number of amides is 1. The fraction of sp³-hybridized carbons (Fsp3) is 0.533. The summed E-state index contributed by atoms with van der Waals surface area (Å²) in [6.45, 7) is 6.00. The van der Waals surface area contributed by atoms with Gasteiger partial charge in [0.05, 0.1) is 13.2 Å². The van der Waals surface area contributed by atoms with E-state index in [-0.39, 0.29) is 30.4 Å². The highest BCUT2D eigenvalue weighted by Crippen LogP contribution is 2.24. The van der Waals surface area contributed by atoms with E-state index in [1.54, 1.807) is 7.11 Å². The number of hydrogen-bond acceptors (Lipinski definition) is 3. The van der Waals surface area contributed by atoms with E-state index in [1.807, 2.05) is 31.2 Å².